The van der Waals surface area contributed by atoms with Gasteiger partial charge in [-0.1, -0.05) is 47.5 Å². The monoisotopic (exact) mass is 327 g/mol. The van der Waals surface area contributed by atoms with Crippen LogP contribution in [-0.2, 0) is 7.05 Å². The number of benzene rings is 2. The number of nitrogens with zero attached hydrogens (tertiary/aromatic N) is 3. The van der Waals surface area contributed by atoms with Crippen LogP contribution in [0.3, 0.4) is 0 Å². The maximum Gasteiger partial charge on any atom is 0.156 e. The summed E-state index contributed by atoms with van der Waals surface area (Å²) in [6, 6.07) is 11.3. The Morgan fingerprint density at radius 2 is 2.00 bits per heavy atom. The summed E-state index contributed by atoms with van der Waals surface area (Å²) in [5, 5.41) is 6.74. The van der Waals surface area contributed by atoms with Crippen molar-refractivity contribution in [1.82, 2.24) is 9.78 Å². The standard InChI is InChI=1S/C17H11Cl2N3/c1-20-9-8-16-14-5-3-4-13(17(14)21-22(16)2)12-7-6-11(18)10-15(12)19/h3-10H,2H3. The topological polar surface area (TPSA) is 22.2 Å². The zero-order valence-corrected chi connectivity index (χ0v) is 13.2. The Labute approximate surface area is 138 Å². The molecular weight excluding hydrogens is 317 g/mol. The Morgan fingerprint density at radius 1 is 1.18 bits per heavy atom. The minimum Gasteiger partial charge on any atom is -0.269 e. The first kappa shape index (κ1) is 14.6. The molecule has 22 heavy (non-hydrogen) atoms. The highest BCUT2D eigenvalue weighted by Crippen LogP contribution is 2.35. The second kappa shape index (κ2) is 5.84. The van der Waals surface area contributed by atoms with Crippen molar-refractivity contribution < 1.29 is 0 Å². The van der Waals surface area contributed by atoms with Gasteiger partial charge in [-0.15, -0.1) is 0 Å². The third-order valence-corrected chi connectivity index (χ3v) is 3.99. The van der Waals surface area contributed by atoms with Crippen LogP contribution in [0.2, 0.25) is 10.0 Å². The lowest BCUT2D eigenvalue weighted by Gasteiger charge is -2.05. The van der Waals surface area contributed by atoms with Gasteiger partial charge >= 0.3 is 0 Å². The van der Waals surface area contributed by atoms with E-state index in [1.54, 1.807) is 16.8 Å². The molecular formula is C17H11Cl2N3. The van der Waals surface area contributed by atoms with Crippen LogP contribution in [0.15, 0.2) is 42.6 Å². The third kappa shape index (κ3) is 2.48. The van der Waals surface area contributed by atoms with E-state index in [2.05, 4.69) is 9.94 Å². The van der Waals surface area contributed by atoms with E-state index in [0.29, 0.717) is 10.0 Å². The fourth-order valence-electron chi connectivity index (χ4n) is 2.47. The van der Waals surface area contributed by atoms with Gasteiger partial charge in [0.25, 0.3) is 0 Å². The van der Waals surface area contributed by atoms with Crippen LogP contribution in [0.1, 0.15) is 5.69 Å². The number of aromatic nitrogens is 2. The molecule has 0 aliphatic rings. The van der Waals surface area contributed by atoms with Crippen molar-refractivity contribution in [3.63, 3.8) is 0 Å². The second-order valence-corrected chi connectivity index (χ2v) is 5.62. The molecule has 0 aliphatic carbocycles. The van der Waals surface area contributed by atoms with Gasteiger partial charge in [0.15, 0.2) is 6.20 Å². The lowest BCUT2D eigenvalue weighted by molar-refractivity contribution is 0.771. The highest BCUT2D eigenvalue weighted by molar-refractivity contribution is 6.36. The van der Waals surface area contributed by atoms with Crippen molar-refractivity contribution in [3.8, 4) is 11.1 Å². The number of hydrogen-bond acceptors (Lipinski definition) is 1. The lowest BCUT2D eigenvalue weighted by atomic mass is 10.0. The van der Waals surface area contributed by atoms with Gasteiger partial charge in [-0.25, -0.2) is 4.85 Å². The molecule has 0 atom stereocenters. The van der Waals surface area contributed by atoms with E-state index in [1.807, 2.05) is 37.4 Å². The summed E-state index contributed by atoms with van der Waals surface area (Å²) in [5.41, 5.74) is 3.56. The normalized spacial score (nSPS) is 11.2. The van der Waals surface area contributed by atoms with Crippen LogP contribution in [0.25, 0.3) is 33.0 Å². The van der Waals surface area contributed by atoms with Gasteiger partial charge in [0.2, 0.25) is 0 Å². The van der Waals surface area contributed by atoms with Gasteiger partial charge in [-0.2, -0.15) is 5.10 Å². The van der Waals surface area contributed by atoms with Crippen molar-refractivity contribution in [3.05, 3.63) is 69.8 Å². The van der Waals surface area contributed by atoms with Crippen LogP contribution in [0.4, 0.5) is 0 Å². The van der Waals surface area contributed by atoms with E-state index in [1.165, 1.54) is 6.20 Å². The van der Waals surface area contributed by atoms with Crippen LogP contribution in [0.5, 0.6) is 0 Å². The molecule has 0 amide bonds. The quantitative estimate of drug-likeness (QED) is 0.574. The zero-order chi connectivity index (χ0) is 15.7. The Bertz CT molecular complexity index is 933. The predicted octanol–water partition coefficient (Wildman–Crippen LogP) is 5.44. The smallest absolute Gasteiger partial charge is 0.156 e. The molecule has 0 bridgehead atoms. The van der Waals surface area contributed by atoms with Crippen LogP contribution >= 0.6 is 23.2 Å². The molecule has 108 valence electrons. The first-order valence-corrected chi connectivity index (χ1v) is 7.31. The fraction of sp³-hybridized carbons (Fsp3) is 0.0588. The third-order valence-electron chi connectivity index (χ3n) is 3.44. The number of hydrogen-bond donors (Lipinski definition) is 0. The maximum absolute atomic E-state index is 6.89. The molecule has 3 rings (SSSR count). The predicted molar refractivity (Wildman–Crippen MR) is 91.8 cm³/mol. The van der Waals surface area contributed by atoms with E-state index < -0.39 is 0 Å². The summed E-state index contributed by atoms with van der Waals surface area (Å²) in [6.07, 6.45) is 3.19. The van der Waals surface area contributed by atoms with Crippen LogP contribution in [0, 0.1) is 6.57 Å². The Hall–Kier alpha value is -2.28. The minimum atomic E-state index is 0.587. The molecule has 1 aromatic heterocycles. The van der Waals surface area contributed by atoms with Gasteiger partial charge in [0, 0.05) is 33.6 Å². The molecule has 0 saturated heterocycles. The molecule has 0 N–H and O–H groups in total. The van der Waals surface area contributed by atoms with Crippen molar-refractivity contribution in [1.29, 1.82) is 0 Å². The molecule has 0 radical (unpaired) electrons. The van der Waals surface area contributed by atoms with Crippen LogP contribution in [-0.4, -0.2) is 9.78 Å². The molecule has 0 spiro atoms. The SMILES string of the molecule is [C-]#[N+]C=Cc1c2cccc(-c3ccc(Cl)cc3Cl)c2nn1C. The summed E-state index contributed by atoms with van der Waals surface area (Å²) < 4.78 is 1.76. The average molecular weight is 328 g/mol. The Kier molecular flexibility index (Phi) is 3.89. The molecule has 0 unspecified atom stereocenters. The molecule has 3 nitrogen and oxygen atoms in total. The molecule has 5 heteroatoms. The first-order chi connectivity index (χ1) is 10.6. The van der Waals surface area contributed by atoms with Crippen molar-refractivity contribution >= 4 is 40.2 Å². The van der Waals surface area contributed by atoms with Gasteiger partial charge < -0.3 is 0 Å². The molecule has 1 heterocycles. The molecule has 0 saturated carbocycles. The summed E-state index contributed by atoms with van der Waals surface area (Å²) in [5.74, 6) is 0. The molecule has 0 fully saturated rings. The Balaban J connectivity index is 2.28. The van der Waals surface area contributed by atoms with Crippen molar-refractivity contribution in [2.24, 2.45) is 7.05 Å². The largest absolute Gasteiger partial charge is 0.269 e. The first-order valence-electron chi connectivity index (χ1n) is 6.56. The summed E-state index contributed by atoms with van der Waals surface area (Å²) in [6.45, 7) is 6.89. The molecule has 2 aromatic carbocycles. The van der Waals surface area contributed by atoms with Gasteiger partial charge in [-0.05, 0) is 18.2 Å². The van der Waals surface area contributed by atoms with E-state index in [0.717, 1.165) is 27.7 Å². The van der Waals surface area contributed by atoms with Crippen molar-refractivity contribution in [2.75, 3.05) is 0 Å². The molecule has 3 aromatic rings. The average Bonchev–Trinajstić information content (AvgIpc) is 2.81. The highest BCUT2D eigenvalue weighted by atomic mass is 35.5. The van der Waals surface area contributed by atoms with Gasteiger partial charge in [0.1, 0.15) is 5.52 Å². The number of halogens is 2. The summed E-state index contributed by atoms with van der Waals surface area (Å²) >= 11 is 12.3. The highest BCUT2D eigenvalue weighted by Gasteiger charge is 2.13. The van der Waals surface area contributed by atoms with E-state index >= 15 is 0 Å². The van der Waals surface area contributed by atoms with Crippen molar-refractivity contribution in [2.45, 2.75) is 0 Å². The van der Waals surface area contributed by atoms with E-state index in [4.69, 9.17) is 29.8 Å². The summed E-state index contributed by atoms with van der Waals surface area (Å²) in [7, 11) is 1.86. The van der Waals surface area contributed by atoms with Crippen LogP contribution < -0.4 is 0 Å². The maximum atomic E-state index is 6.89. The number of rotatable bonds is 2. The van der Waals surface area contributed by atoms with Gasteiger partial charge in [-0.3, -0.25) is 4.68 Å². The Morgan fingerprint density at radius 3 is 2.73 bits per heavy atom. The van der Waals surface area contributed by atoms with E-state index in [9.17, 15) is 0 Å². The summed E-state index contributed by atoms with van der Waals surface area (Å²) in [4.78, 5) is 3.26. The van der Waals surface area contributed by atoms with E-state index in [-0.39, 0.29) is 0 Å². The molecule has 0 aliphatic heterocycles. The second-order valence-electron chi connectivity index (χ2n) is 4.78. The van der Waals surface area contributed by atoms with Gasteiger partial charge in [0.05, 0.1) is 12.3 Å². The lowest BCUT2D eigenvalue weighted by Crippen LogP contribution is -1.92. The number of fused-ring (bicyclic) bond motifs is 1. The number of aryl methyl sites for hydroxylation is 1. The minimum absolute atomic E-state index is 0.587. The fourth-order valence-corrected chi connectivity index (χ4v) is 2.98. The zero-order valence-electron chi connectivity index (χ0n) is 11.7.